The first-order valence-corrected chi connectivity index (χ1v) is 9.55. The van der Waals surface area contributed by atoms with Crippen LogP contribution >= 0.6 is 11.8 Å². The van der Waals surface area contributed by atoms with E-state index in [2.05, 4.69) is 15.5 Å². The number of aryl methyl sites for hydroxylation is 3. The number of thioether (sulfide) groups is 1. The standard InChI is InChI=1S/C20H23N5OS/c1-12-5-8-16(9-6-12)18-23-24-20(25(18)21)27-15(4)19(26)22-17-10-7-13(2)11-14(17)3/h5-11,15H,21H2,1-4H3,(H,22,26)/t15-/m1/s1. The van der Waals surface area contributed by atoms with Gasteiger partial charge in [-0.2, -0.15) is 0 Å². The SMILES string of the molecule is Cc1ccc(-c2nnc(S[C@H](C)C(=O)Nc3ccc(C)cc3C)n2N)cc1. The van der Waals surface area contributed by atoms with Crippen molar-refractivity contribution in [3.63, 3.8) is 0 Å². The number of nitrogens with two attached hydrogens (primary N) is 1. The van der Waals surface area contributed by atoms with E-state index in [0.717, 1.165) is 27.9 Å². The predicted molar refractivity (Wildman–Crippen MR) is 110 cm³/mol. The molecule has 140 valence electrons. The van der Waals surface area contributed by atoms with Crippen LogP contribution in [0.5, 0.6) is 0 Å². The fourth-order valence-corrected chi connectivity index (χ4v) is 3.43. The Hall–Kier alpha value is -2.80. The number of nitrogens with one attached hydrogen (secondary N) is 1. The lowest BCUT2D eigenvalue weighted by Gasteiger charge is -2.13. The Morgan fingerprint density at radius 1 is 1.07 bits per heavy atom. The van der Waals surface area contributed by atoms with Crippen LogP contribution in [0.25, 0.3) is 11.4 Å². The van der Waals surface area contributed by atoms with Crippen LogP contribution in [-0.4, -0.2) is 26.0 Å². The summed E-state index contributed by atoms with van der Waals surface area (Å²) in [5, 5.41) is 11.4. The summed E-state index contributed by atoms with van der Waals surface area (Å²) in [6.07, 6.45) is 0. The van der Waals surface area contributed by atoms with Crippen LogP contribution < -0.4 is 11.2 Å². The first kappa shape index (κ1) is 19.0. The van der Waals surface area contributed by atoms with Gasteiger partial charge < -0.3 is 11.2 Å². The number of nitrogens with zero attached hydrogens (tertiary/aromatic N) is 3. The number of amides is 1. The zero-order valence-corrected chi connectivity index (χ0v) is 16.7. The molecule has 6 nitrogen and oxygen atoms in total. The van der Waals surface area contributed by atoms with E-state index in [-0.39, 0.29) is 11.2 Å². The Balaban J connectivity index is 1.71. The van der Waals surface area contributed by atoms with Gasteiger partial charge in [-0.15, -0.1) is 10.2 Å². The smallest absolute Gasteiger partial charge is 0.237 e. The average Bonchev–Trinajstić information content (AvgIpc) is 2.98. The maximum atomic E-state index is 12.5. The van der Waals surface area contributed by atoms with E-state index in [4.69, 9.17) is 5.84 Å². The van der Waals surface area contributed by atoms with Crippen molar-refractivity contribution < 1.29 is 4.79 Å². The predicted octanol–water partition coefficient (Wildman–Crippen LogP) is 3.70. The largest absolute Gasteiger partial charge is 0.335 e. The Bertz CT molecular complexity index is 965. The lowest BCUT2D eigenvalue weighted by atomic mass is 10.1. The van der Waals surface area contributed by atoms with Crippen molar-refractivity contribution in [1.82, 2.24) is 14.9 Å². The van der Waals surface area contributed by atoms with Crippen LogP contribution in [-0.2, 0) is 4.79 Å². The molecule has 0 fully saturated rings. The first-order valence-electron chi connectivity index (χ1n) is 8.67. The van der Waals surface area contributed by atoms with Gasteiger partial charge in [-0.1, -0.05) is 59.3 Å². The molecule has 3 N–H and O–H groups in total. The topological polar surface area (TPSA) is 85.8 Å². The molecule has 3 rings (SSSR count). The second kappa shape index (κ2) is 7.84. The number of carbonyl (C=O) groups excluding carboxylic acids is 1. The zero-order chi connectivity index (χ0) is 19.6. The lowest BCUT2D eigenvalue weighted by Crippen LogP contribution is -2.24. The first-order chi connectivity index (χ1) is 12.8. The van der Waals surface area contributed by atoms with E-state index < -0.39 is 0 Å². The molecule has 0 aliphatic carbocycles. The highest BCUT2D eigenvalue weighted by atomic mass is 32.2. The number of anilines is 1. The normalized spacial score (nSPS) is 12.0. The molecular weight excluding hydrogens is 358 g/mol. The summed E-state index contributed by atoms with van der Waals surface area (Å²) in [5.74, 6) is 6.62. The van der Waals surface area contributed by atoms with Crippen LogP contribution in [0.4, 0.5) is 5.69 Å². The molecule has 0 spiro atoms. The summed E-state index contributed by atoms with van der Waals surface area (Å²) in [4.78, 5) is 12.5. The molecule has 0 aliphatic rings. The number of rotatable bonds is 5. The average molecular weight is 382 g/mol. The molecule has 7 heteroatoms. The van der Waals surface area contributed by atoms with Crippen molar-refractivity contribution in [3.8, 4) is 11.4 Å². The number of carbonyl (C=O) groups is 1. The molecule has 1 aromatic heterocycles. The molecule has 1 amide bonds. The van der Waals surface area contributed by atoms with Gasteiger partial charge in [0.15, 0.2) is 5.82 Å². The zero-order valence-electron chi connectivity index (χ0n) is 15.9. The fraction of sp³-hybridized carbons (Fsp3) is 0.250. The Morgan fingerprint density at radius 3 is 2.41 bits per heavy atom. The summed E-state index contributed by atoms with van der Waals surface area (Å²) in [6.45, 7) is 7.85. The third-order valence-electron chi connectivity index (χ3n) is 4.27. The van der Waals surface area contributed by atoms with Crippen LogP contribution in [0.15, 0.2) is 47.6 Å². The molecule has 1 atom stereocenters. The highest BCUT2D eigenvalue weighted by Crippen LogP contribution is 2.26. The molecule has 0 saturated heterocycles. The summed E-state index contributed by atoms with van der Waals surface area (Å²) < 4.78 is 1.43. The quantitative estimate of drug-likeness (QED) is 0.520. The molecule has 2 aromatic carbocycles. The number of hydrogen-bond acceptors (Lipinski definition) is 5. The van der Waals surface area contributed by atoms with Gasteiger partial charge in [-0.3, -0.25) is 4.79 Å². The molecule has 0 aliphatic heterocycles. The maximum absolute atomic E-state index is 12.5. The van der Waals surface area contributed by atoms with Crippen molar-refractivity contribution >= 4 is 23.4 Å². The second-order valence-corrected chi connectivity index (χ2v) is 7.92. The van der Waals surface area contributed by atoms with Gasteiger partial charge in [0.1, 0.15) is 0 Å². The highest BCUT2D eigenvalue weighted by molar-refractivity contribution is 8.00. The van der Waals surface area contributed by atoms with E-state index in [1.807, 2.05) is 70.2 Å². The molecule has 0 radical (unpaired) electrons. The minimum atomic E-state index is -0.372. The van der Waals surface area contributed by atoms with Crippen molar-refractivity contribution in [2.24, 2.45) is 0 Å². The maximum Gasteiger partial charge on any atom is 0.237 e. The molecule has 27 heavy (non-hydrogen) atoms. The summed E-state index contributed by atoms with van der Waals surface area (Å²) in [7, 11) is 0. The second-order valence-electron chi connectivity index (χ2n) is 6.61. The van der Waals surface area contributed by atoms with Crippen molar-refractivity contribution in [2.75, 3.05) is 11.2 Å². The van der Waals surface area contributed by atoms with Gasteiger partial charge in [0.05, 0.1) is 5.25 Å². The monoisotopic (exact) mass is 381 g/mol. The molecular formula is C20H23N5OS. The van der Waals surface area contributed by atoms with Gasteiger partial charge in [0, 0.05) is 11.3 Å². The minimum absolute atomic E-state index is 0.105. The Kier molecular flexibility index (Phi) is 5.51. The van der Waals surface area contributed by atoms with Gasteiger partial charge in [0.2, 0.25) is 11.1 Å². The third-order valence-corrected chi connectivity index (χ3v) is 5.32. The lowest BCUT2D eigenvalue weighted by molar-refractivity contribution is -0.115. The highest BCUT2D eigenvalue weighted by Gasteiger charge is 2.20. The number of hydrogen-bond donors (Lipinski definition) is 2. The van der Waals surface area contributed by atoms with Crippen molar-refractivity contribution in [2.45, 2.75) is 38.1 Å². The molecule has 1 heterocycles. The summed E-state index contributed by atoms with van der Waals surface area (Å²) in [6, 6.07) is 13.8. The van der Waals surface area contributed by atoms with E-state index >= 15 is 0 Å². The molecule has 0 saturated carbocycles. The number of aromatic nitrogens is 3. The van der Waals surface area contributed by atoms with E-state index in [1.54, 1.807) is 0 Å². The van der Waals surface area contributed by atoms with Gasteiger partial charge in [-0.05, 0) is 39.3 Å². The Morgan fingerprint density at radius 2 is 1.74 bits per heavy atom. The molecule has 3 aromatic rings. The molecule has 0 unspecified atom stereocenters. The van der Waals surface area contributed by atoms with Gasteiger partial charge in [0.25, 0.3) is 0 Å². The van der Waals surface area contributed by atoms with Crippen LogP contribution in [0, 0.1) is 20.8 Å². The van der Waals surface area contributed by atoms with Crippen LogP contribution in [0.3, 0.4) is 0 Å². The van der Waals surface area contributed by atoms with Crippen molar-refractivity contribution in [1.29, 1.82) is 0 Å². The third kappa shape index (κ3) is 4.31. The van der Waals surface area contributed by atoms with Crippen LogP contribution in [0.1, 0.15) is 23.6 Å². The number of nitrogen functional groups attached to an aromatic ring is 1. The van der Waals surface area contributed by atoms with Crippen LogP contribution in [0.2, 0.25) is 0 Å². The van der Waals surface area contributed by atoms with E-state index in [9.17, 15) is 4.79 Å². The van der Waals surface area contributed by atoms with Gasteiger partial charge in [-0.25, -0.2) is 4.68 Å². The summed E-state index contributed by atoms with van der Waals surface area (Å²) >= 11 is 1.28. The molecule has 0 bridgehead atoms. The van der Waals surface area contributed by atoms with Crippen molar-refractivity contribution in [3.05, 3.63) is 59.2 Å². The van der Waals surface area contributed by atoms with E-state index in [1.165, 1.54) is 16.4 Å². The minimum Gasteiger partial charge on any atom is -0.335 e. The Labute approximate surface area is 163 Å². The number of benzene rings is 2. The van der Waals surface area contributed by atoms with Gasteiger partial charge >= 0.3 is 0 Å². The van der Waals surface area contributed by atoms with E-state index in [0.29, 0.717) is 11.0 Å². The summed E-state index contributed by atoms with van der Waals surface area (Å²) in [5.41, 5.74) is 5.05. The fourth-order valence-electron chi connectivity index (χ4n) is 2.66.